The molecule has 27 heavy (non-hydrogen) atoms. The van der Waals surface area contributed by atoms with E-state index in [1.807, 2.05) is 25.1 Å². The van der Waals surface area contributed by atoms with Gasteiger partial charge in [-0.15, -0.1) is 0 Å². The standard InChI is InChI=1S/C20H22N4O3/c1-14-3-2-4-16(22-14)20-23-17-13-15(5-6-18(17)27-20)19(25)21-7-8-24-9-11-26-12-10-24/h2-6,13H,7-12H2,1H3,(H,21,25). The molecule has 0 unspecified atom stereocenters. The van der Waals surface area contributed by atoms with E-state index in [-0.39, 0.29) is 5.91 Å². The summed E-state index contributed by atoms with van der Waals surface area (Å²) in [5.41, 5.74) is 3.44. The topological polar surface area (TPSA) is 80.5 Å². The van der Waals surface area contributed by atoms with E-state index in [1.165, 1.54) is 0 Å². The minimum atomic E-state index is -0.108. The Bertz CT molecular complexity index is 947. The minimum Gasteiger partial charge on any atom is -0.435 e. The summed E-state index contributed by atoms with van der Waals surface area (Å²) in [5, 5.41) is 2.96. The minimum absolute atomic E-state index is 0.108. The molecule has 1 aliphatic rings. The molecular formula is C20H22N4O3. The fraction of sp³-hybridized carbons (Fsp3) is 0.350. The van der Waals surface area contributed by atoms with Gasteiger partial charge in [-0.3, -0.25) is 9.69 Å². The molecule has 1 aliphatic heterocycles. The number of amides is 1. The molecule has 140 valence electrons. The first-order chi connectivity index (χ1) is 13.2. The zero-order chi connectivity index (χ0) is 18.6. The molecule has 1 fully saturated rings. The SMILES string of the molecule is Cc1cccc(-c2nc3cc(C(=O)NCCN4CCOCC4)ccc3o2)n1. The third kappa shape index (κ3) is 4.15. The number of hydrogen-bond acceptors (Lipinski definition) is 6. The Labute approximate surface area is 157 Å². The highest BCUT2D eigenvalue weighted by Crippen LogP contribution is 2.23. The Kier molecular flexibility index (Phi) is 5.13. The zero-order valence-corrected chi connectivity index (χ0v) is 15.3. The summed E-state index contributed by atoms with van der Waals surface area (Å²) >= 11 is 0. The predicted molar refractivity (Wildman–Crippen MR) is 102 cm³/mol. The number of nitrogens with zero attached hydrogens (tertiary/aromatic N) is 3. The number of aryl methyl sites for hydroxylation is 1. The largest absolute Gasteiger partial charge is 0.435 e. The van der Waals surface area contributed by atoms with Gasteiger partial charge in [-0.25, -0.2) is 9.97 Å². The molecule has 1 amide bonds. The molecule has 0 aliphatic carbocycles. The lowest BCUT2D eigenvalue weighted by Crippen LogP contribution is -2.41. The van der Waals surface area contributed by atoms with Gasteiger partial charge in [0.05, 0.1) is 13.2 Å². The normalized spacial score (nSPS) is 15.1. The van der Waals surface area contributed by atoms with Gasteiger partial charge in [-0.05, 0) is 37.3 Å². The summed E-state index contributed by atoms with van der Waals surface area (Å²) in [6.07, 6.45) is 0. The lowest BCUT2D eigenvalue weighted by Gasteiger charge is -2.26. The molecule has 0 saturated carbocycles. The third-order valence-corrected chi connectivity index (χ3v) is 4.57. The molecular weight excluding hydrogens is 344 g/mol. The van der Waals surface area contributed by atoms with E-state index in [1.54, 1.807) is 18.2 Å². The van der Waals surface area contributed by atoms with Gasteiger partial charge >= 0.3 is 0 Å². The van der Waals surface area contributed by atoms with E-state index < -0.39 is 0 Å². The van der Waals surface area contributed by atoms with Gasteiger partial charge in [0.1, 0.15) is 11.2 Å². The molecule has 1 N–H and O–H groups in total. The zero-order valence-electron chi connectivity index (χ0n) is 15.3. The maximum atomic E-state index is 12.4. The number of fused-ring (bicyclic) bond motifs is 1. The van der Waals surface area contributed by atoms with Gasteiger partial charge in [0, 0.05) is 37.4 Å². The van der Waals surface area contributed by atoms with Crippen LogP contribution >= 0.6 is 0 Å². The number of rotatable bonds is 5. The molecule has 2 aromatic heterocycles. The van der Waals surface area contributed by atoms with Crippen molar-refractivity contribution in [1.82, 2.24) is 20.2 Å². The Hall–Kier alpha value is -2.77. The molecule has 0 spiro atoms. The lowest BCUT2D eigenvalue weighted by atomic mass is 10.2. The Morgan fingerprint density at radius 1 is 1.19 bits per heavy atom. The molecule has 1 saturated heterocycles. The van der Waals surface area contributed by atoms with Crippen LogP contribution in [-0.4, -0.2) is 60.2 Å². The maximum absolute atomic E-state index is 12.4. The summed E-state index contributed by atoms with van der Waals surface area (Å²) in [5.74, 6) is 0.349. The number of carbonyl (C=O) groups excluding carboxylic acids is 1. The van der Waals surface area contributed by atoms with Gasteiger partial charge in [-0.1, -0.05) is 6.07 Å². The predicted octanol–water partition coefficient (Wildman–Crippen LogP) is 2.26. The number of morpholine rings is 1. The molecule has 7 heteroatoms. The Morgan fingerprint density at radius 2 is 2.04 bits per heavy atom. The van der Waals surface area contributed by atoms with Crippen LogP contribution in [-0.2, 0) is 4.74 Å². The second kappa shape index (κ2) is 7.85. The smallest absolute Gasteiger partial charge is 0.251 e. The van der Waals surface area contributed by atoms with Crippen molar-refractivity contribution in [1.29, 1.82) is 0 Å². The van der Waals surface area contributed by atoms with Crippen LogP contribution in [0, 0.1) is 6.92 Å². The highest BCUT2D eigenvalue weighted by atomic mass is 16.5. The van der Waals surface area contributed by atoms with Gasteiger partial charge in [-0.2, -0.15) is 0 Å². The lowest BCUT2D eigenvalue weighted by molar-refractivity contribution is 0.0383. The van der Waals surface area contributed by atoms with Crippen molar-refractivity contribution in [3.8, 4) is 11.6 Å². The van der Waals surface area contributed by atoms with E-state index >= 15 is 0 Å². The first-order valence-electron chi connectivity index (χ1n) is 9.12. The van der Waals surface area contributed by atoms with Crippen molar-refractivity contribution in [2.75, 3.05) is 39.4 Å². The summed E-state index contributed by atoms with van der Waals surface area (Å²) in [4.78, 5) is 23.6. The molecule has 0 bridgehead atoms. The number of carbonyl (C=O) groups is 1. The quantitative estimate of drug-likeness (QED) is 0.746. The number of benzene rings is 1. The first kappa shape index (κ1) is 17.6. The summed E-state index contributed by atoms with van der Waals surface area (Å²) in [6, 6.07) is 11.0. The van der Waals surface area contributed by atoms with Crippen LogP contribution in [0.2, 0.25) is 0 Å². The Morgan fingerprint density at radius 3 is 2.85 bits per heavy atom. The number of nitrogens with one attached hydrogen (secondary N) is 1. The number of hydrogen-bond donors (Lipinski definition) is 1. The summed E-state index contributed by atoms with van der Waals surface area (Å²) in [7, 11) is 0. The van der Waals surface area contributed by atoms with E-state index in [4.69, 9.17) is 9.15 Å². The highest BCUT2D eigenvalue weighted by Gasteiger charge is 2.14. The van der Waals surface area contributed by atoms with Crippen molar-refractivity contribution in [2.24, 2.45) is 0 Å². The van der Waals surface area contributed by atoms with E-state index in [0.717, 1.165) is 38.5 Å². The van der Waals surface area contributed by atoms with Gasteiger partial charge in [0.15, 0.2) is 5.58 Å². The molecule has 4 rings (SSSR count). The molecule has 1 aromatic carbocycles. The van der Waals surface area contributed by atoms with Crippen molar-refractivity contribution in [2.45, 2.75) is 6.92 Å². The molecule has 3 heterocycles. The fourth-order valence-electron chi connectivity index (χ4n) is 3.09. The molecule has 7 nitrogen and oxygen atoms in total. The van der Waals surface area contributed by atoms with Crippen LogP contribution in [0.4, 0.5) is 0 Å². The first-order valence-corrected chi connectivity index (χ1v) is 9.12. The van der Waals surface area contributed by atoms with E-state index in [2.05, 4.69) is 20.2 Å². The molecule has 0 radical (unpaired) electrons. The maximum Gasteiger partial charge on any atom is 0.251 e. The van der Waals surface area contributed by atoms with E-state index in [9.17, 15) is 4.79 Å². The number of aromatic nitrogens is 2. The van der Waals surface area contributed by atoms with Crippen LogP contribution in [0.25, 0.3) is 22.7 Å². The van der Waals surface area contributed by atoms with Gasteiger partial charge in [0.25, 0.3) is 5.91 Å². The summed E-state index contributed by atoms with van der Waals surface area (Å²) < 4.78 is 11.1. The van der Waals surface area contributed by atoms with Crippen LogP contribution < -0.4 is 5.32 Å². The van der Waals surface area contributed by atoms with Crippen LogP contribution in [0.5, 0.6) is 0 Å². The fourth-order valence-corrected chi connectivity index (χ4v) is 3.09. The number of oxazole rings is 1. The molecule has 3 aromatic rings. The third-order valence-electron chi connectivity index (χ3n) is 4.57. The van der Waals surface area contributed by atoms with E-state index in [0.29, 0.717) is 34.8 Å². The second-order valence-corrected chi connectivity index (χ2v) is 6.58. The van der Waals surface area contributed by atoms with Gasteiger partial charge < -0.3 is 14.5 Å². The average molecular weight is 366 g/mol. The van der Waals surface area contributed by atoms with Crippen molar-refractivity contribution < 1.29 is 13.9 Å². The van der Waals surface area contributed by atoms with Crippen LogP contribution in [0.3, 0.4) is 0 Å². The average Bonchev–Trinajstić information content (AvgIpc) is 3.12. The number of pyridine rings is 1. The summed E-state index contributed by atoms with van der Waals surface area (Å²) in [6.45, 7) is 6.70. The van der Waals surface area contributed by atoms with Crippen molar-refractivity contribution >= 4 is 17.0 Å². The molecule has 0 atom stereocenters. The highest BCUT2D eigenvalue weighted by molar-refractivity contribution is 5.97. The van der Waals surface area contributed by atoms with Crippen molar-refractivity contribution in [3.63, 3.8) is 0 Å². The Balaban J connectivity index is 1.43. The monoisotopic (exact) mass is 366 g/mol. The number of ether oxygens (including phenoxy) is 1. The van der Waals surface area contributed by atoms with Crippen molar-refractivity contribution in [3.05, 3.63) is 47.7 Å². The van der Waals surface area contributed by atoms with Crippen LogP contribution in [0.15, 0.2) is 40.8 Å². The second-order valence-electron chi connectivity index (χ2n) is 6.58. The van der Waals surface area contributed by atoms with Gasteiger partial charge in [0.2, 0.25) is 5.89 Å². The van der Waals surface area contributed by atoms with Crippen LogP contribution in [0.1, 0.15) is 16.1 Å².